The van der Waals surface area contributed by atoms with E-state index in [1.807, 2.05) is 6.07 Å². The van der Waals surface area contributed by atoms with Crippen molar-refractivity contribution in [1.29, 1.82) is 5.26 Å². The molecule has 4 aromatic rings. The van der Waals surface area contributed by atoms with Crippen LogP contribution in [0, 0.1) is 11.3 Å². The van der Waals surface area contributed by atoms with E-state index >= 15 is 0 Å². The monoisotopic (exact) mass is 600 g/mol. The largest absolute Gasteiger partial charge is 0.497 e. The van der Waals surface area contributed by atoms with Gasteiger partial charge in [0.2, 0.25) is 0 Å². The summed E-state index contributed by atoms with van der Waals surface area (Å²) in [7, 11) is -0.862. The molecule has 3 heterocycles. The number of likely N-dealkylation sites (N-methyl/N-ethyl adjacent to an activating group) is 1. The second-order valence-electron chi connectivity index (χ2n) is 11.1. The molecule has 2 aliphatic heterocycles. The van der Waals surface area contributed by atoms with E-state index in [1.54, 1.807) is 29.2 Å². The summed E-state index contributed by atoms with van der Waals surface area (Å²) in [5, 5.41) is 13.3. The smallest absolute Gasteiger partial charge is 0.344 e. The van der Waals surface area contributed by atoms with Crippen molar-refractivity contribution in [2.75, 3.05) is 40.3 Å². The van der Waals surface area contributed by atoms with Gasteiger partial charge in [0.15, 0.2) is 0 Å². The predicted molar refractivity (Wildman–Crippen MR) is 160 cm³/mol. The molecule has 6 rings (SSSR count). The van der Waals surface area contributed by atoms with Gasteiger partial charge in [-0.25, -0.2) is 13.2 Å². The number of methoxy groups -OCH3 is 1. The zero-order chi connectivity index (χ0) is 30.3. The number of rotatable bonds is 8. The van der Waals surface area contributed by atoms with Crippen LogP contribution in [0.4, 0.5) is 0 Å². The van der Waals surface area contributed by atoms with Crippen molar-refractivity contribution in [1.82, 2.24) is 23.7 Å². The molecule has 1 aromatic heterocycles. The number of fused-ring (bicyclic) bond motifs is 1. The molecule has 1 amide bonds. The summed E-state index contributed by atoms with van der Waals surface area (Å²) in [6, 6.07) is 20.4. The lowest BCUT2D eigenvalue weighted by Crippen LogP contribution is -2.59. The predicted octanol–water partition coefficient (Wildman–Crippen LogP) is 2.01. The Bertz CT molecular complexity index is 1870. The number of hydrogen-bond acceptors (Lipinski definition) is 8. The van der Waals surface area contributed by atoms with Gasteiger partial charge in [0.25, 0.3) is 15.9 Å². The fourth-order valence-corrected chi connectivity index (χ4v) is 7.44. The number of carbonyl (C=O) groups excluding carboxylic acids is 1. The Labute approximate surface area is 249 Å². The molecule has 0 aliphatic carbocycles. The lowest BCUT2D eigenvalue weighted by molar-refractivity contribution is -0.132. The minimum Gasteiger partial charge on any atom is -0.497 e. The molecule has 12 heteroatoms. The van der Waals surface area contributed by atoms with E-state index in [-0.39, 0.29) is 33.4 Å². The Morgan fingerprint density at radius 2 is 1.72 bits per heavy atom. The van der Waals surface area contributed by atoms with Crippen molar-refractivity contribution in [2.24, 2.45) is 0 Å². The SMILES string of the molecule is COc1ccc(S(=O)(=O)n2c(=O)n(C(C(=O)N3CCC(NC4CN(C)C4)C3)c3ccccc3)c3cc(C#N)ccc32)cc1. The summed E-state index contributed by atoms with van der Waals surface area (Å²) in [6.45, 7) is 2.89. The Hall–Kier alpha value is -4.44. The van der Waals surface area contributed by atoms with Crippen LogP contribution < -0.4 is 15.7 Å². The number of nitrogens with zero attached hydrogens (tertiary/aromatic N) is 5. The molecule has 2 unspecified atom stereocenters. The van der Waals surface area contributed by atoms with Gasteiger partial charge in [-0.05, 0) is 61.5 Å². The van der Waals surface area contributed by atoms with E-state index in [2.05, 4.69) is 23.3 Å². The van der Waals surface area contributed by atoms with E-state index < -0.39 is 21.8 Å². The first-order valence-corrected chi connectivity index (χ1v) is 15.5. The van der Waals surface area contributed by atoms with Gasteiger partial charge in [0.1, 0.15) is 11.8 Å². The molecule has 3 aromatic carbocycles. The van der Waals surface area contributed by atoms with Gasteiger partial charge >= 0.3 is 5.69 Å². The topological polar surface area (TPSA) is 130 Å². The molecular formula is C31H32N6O5S. The highest BCUT2D eigenvalue weighted by molar-refractivity contribution is 7.90. The number of nitrogens with one attached hydrogen (secondary N) is 1. The first kappa shape index (κ1) is 28.7. The number of nitriles is 1. The number of likely N-dealkylation sites (tertiary alicyclic amines) is 2. The number of ether oxygens (including phenoxy) is 1. The summed E-state index contributed by atoms with van der Waals surface area (Å²) < 4.78 is 35.0. The van der Waals surface area contributed by atoms with Gasteiger partial charge in [0, 0.05) is 38.3 Å². The molecule has 0 saturated carbocycles. The normalized spacial score (nSPS) is 18.3. The van der Waals surface area contributed by atoms with Crippen molar-refractivity contribution in [3.63, 3.8) is 0 Å². The number of hydrogen-bond donors (Lipinski definition) is 1. The van der Waals surface area contributed by atoms with Gasteiger partial charge in [-0.1, -0.05) is 30.3 Å². The quantitative estimate of drug-likeness (QED) is 0.325. The molecule has 11 nitrogen and oxygen atoms in total. The minimum atomic E-state index is -4.40. The van der Waals surface area contributed by atoms with Crippen LogP contribution >= 0.6 is 0 Å². The van der Waals surface area contributed by atoms with E-state index in [0.29, 0.717) is 30.4 Å². The van der Waals surface area contributed by atoms with E-state index in [9.17, 15) is 23.3 Å². The number of amides is 1. The highest BCUT2D eigenvalue weighted by atomic mass is 32.2. The molecule has 0 spiro atoms. The highest BCUT2D eigenvalue weighted by Crippen LogP contribution is 2.29. The molecule has 1 N–H and O–H groups in total. The van der Waals surface area contributed by atoms with Crippen LogP contribution in [-0.2, 0) is 14.8 Å². The third-order valence-electron chi connectivity index (χ3n) is 8.20. The van der Waals surface area contributed by atoms with E-state index in [0.717, 1.165) is 23.5 Å². The number of imidazole rings is 1. The summed E-state index contributed by atoms with van der Waals surface area (Å²) in [6.07, 6.45) is 0.772. The molecule has 2 fully saturated rings. The molecule has 0 radical (unpaired) electrons. The first-order chi connectivity index (χ1) is 20.7. The average Bonchev–Trinajstić information content (AvgIpc) is 3.59. The summed E-state index contributed by atoms with van der Waals surface area (Å²) in [5.74, 6) is 0.149. The van der Waals surface area contributed by atoms with Crippen LogP contribution in [0.25, 0.3) is 11.0 Å². The molecular weight excluding hydrogens is 568 g/mol. The third-order valence-corrected chi connectivity index (χ3v) is 9.90. The Morgan fingerprint density at radius 1 is 1.00 bits per heavy atom. The maximum atomic E-state index is 14.4. The molecule has 0 bridgehead atoms. The highest BCUT2D eigenvalue weighted by Gasteiger charge is 2.38. The summed E-state index contributed by atoms with van der Waals surface area (Å²) >= 11 is 0. The van der Waals surface area contributed by atoms with Gasteiger partial charge in [-0.3, -0.25) is 9.36 Å². The van der Waals surface area contributed by atoms with Gasteiger partial charge in [0.05, 0.1) is 34.7 Å². The maximum absolute atomic E-state index is 14.4. The standard InChI is InChI=1S/C31H32N6O5S/c1-34-18-24(19-34)33-23-14-15-35(20-23)30(38)29(22-6-4-3-5-7-22)36-28-16-21(17-32)8-13-27(28)37(31(36)39)43(40,41)26-11-9-25(42-2)10-12-26/h3-13,16,23-24,29,33H,14-15,18-20H2,1-2H3. The zero-order valence-electron chi connectivity index (χ0n) is 23.9. The van der Waals surface area contributed by atoms with Crippen LogP contribution in [0.15, 0.2) is 82.5 Å². The molecule has 2 atom stereocenters. The van der Waals surface area contributed by atoms with Crippen LogP contribution in [-0.4, -0.2) is 85.1 Å². The number of carbonyl (C=O) groups is 1. The third kappa shape index (κ3) is 5.20. The lowest BCUT2D eigenvalue weighted by atomic mass is 10.0. The Kier molecular flexibility index (Phi) is 7.56. The average molecular weight is 601 g/mol. The molecule has 2 aliphatic rings. The Morgan fingerprint density at radius 3 is 2.37 bits per heavy atom. The van der Waals surface area contributed by atoms with Crippen molar-refractivity contribution in [3.8, 4) is 11.8 Å². The Balaban J connectivity index is 1.48. The fraction of sp³-hybridized carbons (Fsp3) is 0.323. The van der Waals surface area contributed by atoms with Crippen molar-refractivity contribution in [2.45, 2.75) is 29.4 Å². The van der Waals surface area contributed by atoms with Crippen LogP contribution in [0.2, 0.25) is 0 Å². The fourth-order valence-electron chi connectivity index (χ4n) is 6.04. The molecule has 2 saturated heterocycles. The zero-order valence-corrected chi connectivity index (χ0v) is 24.7. The van der Waals surface area contributed by atoms with Crippen molar-refractivity contribution in [3.05, 3.63) is 94.4 Å². The van der Waals surface area contributed by atoms with Gasteiger partial charge < -0.3 is 19.9 Å². The maximum Gasteiger partial charge on any atom is 0.344 e. The van der Waals surface area contributed by atoms with Crippen molar-refractivity contribution >= 4 is 27.0 Å². The number of benzene rings is 3. The van der Waals surface area contributed by atoms with Crippen molar-refractivity contribution < 1.29 is 17.9 Å². The molecule has 222 valence electrons. The van der Waals surface area contributed by atoms with Crippen LogP contribution in [0.1, 0.15) is 23.6 Å². The second kappa shape index (κ2) is 11.3. The van der Waals surface area contributed by atoms with E-state index in [1.165, 1.54) is 54.1 Å². The van der Waals surface area contributed by atoms with Gasteiger partial charge in [-0.15, -0.1) is 0 Å². The molecule has 43 heavy (non-hydrogen) atoms. The summed E-state index contributed by atoms with van der Waals surface area (Å²) in [4.78, 5) is 32.5. The summed E-state index contributed by atoms with van der Waals surface area (Å²) in [5.41, 5.74) is 0.123. The second-order valence-corrected chi connectivity index (χ2v) is 12.9. The van der Waals surface area contributed by atoms with E-state index in [4.69, 9.17) is 4.74 Å². The lowest BCUT2D eigenvalue weighted by Gasteiger charge is -2.38. The van der Waals surface area contributed by atoms with Gasteiger partial charge in [-0.2, -0.15) is 9.23 Å². The minimum absolute atomic E-state index is 0.0728. The van der Waals surface area contributed by atoms with Crippen LogP contribution in [0.5, 0.6) is 5.75 Å². The number of aromatic nitrogens is 2. The van der Waals surface area contributed by atoms with Crippen LogP contribution in [0.3, 0.4) is 0 Å². The first-order valence-electron chi connectivity index (χ1n) is 14.1.